The minimum atomic E-state index is -0.522. The second-order valence-corrected chi connectivity index (χ2v) is 6.49. The predicted octanol–water partition coefficient (Wildman–Crippen LogP) is 1.95. The molecule has 2 aromatic carbocycles. The first kappa shape index (κ1) is 16.6. The monoisotopic (exact) mass is 352 g/mol. The van der Waals surface area contributed by atoms with Crippen LogP contribution in [0.4, 0.5) is 11.4 Å². The van der Waals surface area contributed by atoms with Gasteiger partial charge in [-0.3, -0.25) is 9.59 Å². The summed E-state index contributed by atoms with van der Waals surface area (Å²) in [6.45, 7) is 1.69. The maximum absolute atomic E-state index is 12.5. The highest BCUT2D eigenvalue weighted by molar-refractivity contribution is 6.00. The summed E-state index contributed by atoms with van der Waals surface area (Å²) < 4.78 is 5.52. The van der Waals surface area contributed by atoms with Crippen LogP contribution in [0.1, 0.15) is 24.9 Å². The van der Waals surface area contributed by atoms with Gasteiger partial charge in [-0.25, -0.2) is 10.9 Å². The van der Waals surface area contributed by atoms with Crippen LogP contribution in [0.2, 0.25) is 0 Å². The van der Waals surface area contributed by atoms with Gasteiger partial charge in [-0.15, -0.1) is 0 Å². The molecule has 2 heterocycles. The minimum Gasteiger partial charge on any atom is -0.479 e. The highest BCUT2D eigenvalue weighted by Crippen LogP contribution is 2.32. The number of amides is 2. The van der Waals surface area contributed by atoms with Gasteiger partial charge in [0.05, 0.1) is 5.69 Å². The van der Waals surface area contributed by atoms with Crippen molar-refractivity contribution in [3.8, 4) is 5.75 Å². The number of hydrogen-bond donors (Lipinski definition) is 4. The summed E-state index contributed by atoms with van der Waals surface area (Å²) in [6, 6.07) is 14.9. The summed E-state index contributed by atoms with van der Waals surface area (Å²) in [5, 5.41) is 5.66. The SMILES string of the molecule is CC1Oc2ccc(NC(=O)C3CC(c4ccccc4)NN3)cc2NC1=O. The number of hydrazine groups is 1. The molecule has 1 saturated heterocycles. The van der Waals surface area contributed by atoms with E-state index in [4.69, 9.17) is 4.74 Å². The number of benzene rings is 2. The van der Waals surface area contributed by atoms with Crippen molar-refractivity contribution in [2.75, 3.05) is 10.6 Å². The maximum atomic E-state index is 12.5. The van der Waals surface area contributed by atoms with Crippen molar-refractivity contribution >= 4 is 23.2 Å². The normalized spacial score (nSPS) is 24.3. The lowest BCUT2D eigenvalue weighted by Gasteiger charge is -2.23. The van der Waals surface area contributed by atoms with Gasteiger partial charge in [0.25, 0.3) is 5.91 Å². The maximum Gasteiger partial charge on any atom is 0.265 e. The lowest BCUT2D eigenvalue weighted by atomic mass is 10.0. The van der Waals surface area contributed by atoms with Crippen molar-refractivity contribution in [3.05, 3.63) is 54.1 Å². The zero-order chi connectivity index (χ0) is 18.1. The smallest absolute Gasteiger partial charge is 0.265 e. The van der Waals surface area contributed by atoms with Crippen LogP contribution in [0, 0.1) is 0 Å². The summed E-state index contributed by atoms with van der Waals surface area (Å²) in [6.07, 6.45) is 0.129. The van der Waals surface area contributed by atoms with Crippen LogP contribution in [0.3, 0.4) is 0 Å². The Morgan fingerprint density at radius 1 is 1.15 bits per heavy atom. The molecule has 0 aromatic heterocycles. The average Bonchev–Trinajstić information content (AvgIpc) is 3.14. The first-order valence-electron chi connectivity index (χ1n) is 8.58. The van der Waals surface area contributed by atoms with Gasteiger partial charge < -0.3 is 15.4 Å². The Bertz CT molecular complexity index is 840. The third-order valence-corrected chi connectivity index (χ3v) is 4.60. The number of nitrogens with one attached hydrogen (secondary N) is 4. The number of hydrogen-bond acceptors (Lipinski definition) is 5. The van der Waals surface area contributed by atoms with E-state index in [1.165, 1.54) is 0 Å². The molecule has 0 spiro atoms. The van der Waals surface area contributed by atoms with Crippen molar-refractivity contribution in [2.45, 2.75) is 31.5 Å². The van der Waals surface area contributed by atoms with Crippen molar-refractivity contribution in [2.24, 2.45) is 0 Å². The molecule has 3 unspecified atom stereocenters. The van der Waals surface area contributed by atoms with Gasteiger partial charge in [0.2, 0.25) is 5.91 Å². The molecule has 0 bridgehead atoms. The highest BCUT2D eigenvalue weighted by Gasteiger charge is 2.30. The van der Waals surface area contributed by atoms with Gasteiger partial charge in [-0.2, -0.15) is 0 Å². The molecule has 4 rings (SSSR count). The average molecular weight is 352 g/mol. The molecular weight excluding hydrogens is 332 g/mol. The second kappa shape index (κ2) is 6.78. The van der Waals surface area contributed by atoms with E-state index in [1.54, 1.807) is 25.1 Å². The summed E-state index contributed by atoms with van der Waals surface area (Å²) in [4.78, 5) is 24.3. The predicted molar refractivity (Wildman–Crippen MR) is 97.7 cm³/mol. The Hall–Kier alpha value is -2.90. The molecule has 1 fully saturated rings. The van der Waals surface area contributed by atoms with Crippen LogP contribution in [-0.4, -0.2) is 24.0 Å². The first-order valence-corrected chi connectivity index (χ1v) is 8.58. The Morgan fingerprint density at radius 2 is 1.96 bits per heavy atom. The molecule has 0 radical (unpaired) electrons. The van der Waals surface area contributed by atoms with E-state index in [1.807, 2.05) is 30.3 Å². The Kier molecular flexibility index (Phi) is 4.32. The van der Waals surface area contributed by atoms with E-state index < -0.39 is 6.10 Å². The lowest BCUT2D eigenvalue weighted by molar-refractivity contribution is -0.122. The van der Waals surface area contributed by atoms with Crippen molar-refractivity contribution in [3.63, 3.8) is 0 Å². The van der Waals surface area contributed by atoms with Crippen LogP contribution in [-0.2, 0) is 9.59 Å². The van der Waals surface area contributed by atoms with Crippen LogP contribution >= 0.6 is 0 Å². The quantitative estimate of drug-likeness (QED) is 0.678. The van der Waals surface area contributed by atoms with Crippen LogP contribution in [0.15, 0.2) is 48.5 Å². The van der Waals surface area contributed by atoms with Crippen molar-refractivity contribution in [1.29, 1.82) is 0 Å². The van der Waals surface area contributed by atoms with E-state index in [0.29, 0.717) is 23.5 Å². The zero-order valence-corrected chi connectivity index (χ0v) is 14.3. The minimum absolute atomic E-state index is 0.0876. The zero-order valence-electron chi connectivity index (χ0n) is 14.3. The summed E-state index contributed by atoms with van der Waals surface area (Å²) in [7, 11) is 0. The molecular formula is C19H20N4O3. The van der Waals surface area contributed by atoms with Crippen molar-refractivity contribution < 1.29 is 14.3 Å². The molecule has 4 N–H and O–H groups in total. The summed E-state index contributed by atoms with van der Waals surface area (Å²) in [5.41, 5.74) is 8.51. The summed E-state index contributed by atoms with van der Waals surface area (Å²) >= 11 is 0. The standard InChI is InChI=1S/C19H20N4O3/c1-11-18(24)21-15-9-13(7-8-17(15)26-11)20-19(25)16-10-14(22-23-16)12-5-3-2-4-6-12/h2-9,11,14,16,22-23H,10H2,1H3,(H,20,25)(H,21,24). The van der Waals surface area contributed by atoms with E-state index in [9.17, 15) is 9.59 Å². The van der Waals surface area contributed by atoms with Crippen LogP contribution in [0.25, 0.3) is 0 Å². The largest absolute Gasteiger partial charge is 0.479 e. The number of carbonyl (C=O) groups excluding carboxylic acids is 2. The molecule has 0 aliphatic carbocycles. The molecule has 0 saturated carbocycles. The fourth-order valence-electron chi connectivity index (χ4n) is 3.15. The van der Waals surface area contributed by atoms with E-state index in [-0.39, 0.29) is 23.9 Å². The fourth-order valence-corrected chi connectivity index (χ4v) is 3.15. The Morgan fingerprint density at radius 3 is 2.77 bits per heavy atom. The van der Waals surface area contributed by atoms with Crippen LogP contribution < -0.4 is 26.2 Å². The lowest BCUT2D eigenvalue weighted by Crippen LogP contribution is -2.39. The molecule has 2 aliphatic rings. The molecule has 2 aromatic rings. The number of carbonyl (C=O) groups is 2. The number of anilines is 2. The Labute approximate surface area is 151 Å². The van der Waals surface area contributed by atoms with Crippen molar-refractivity contribution in [1.82, 2.24) is 10.9 Å². The van der Waals surface area contributed by atoms with Gasteiger partial charge in [0.1, 0.15) is 11.8 Å². The molecule has 3 atom stereocenters. The van der Waals surface area contributed by atoms with Gasteiger partial charge in [0, 0.05) is 11.7 Å². The topological polar surface area (TPSA) is 91.5 Å². The molecule has 7 heteroatoms. The van der Waals surface area contributed by atoms with Gasteiger partial charge in [0.15, 0.2) is 6.10 Å². The molecule has 26 heavy (non-hydrogen) atoms. The number of rotatable bonds is 3. The third-order valence-electron chi connectivity index (χ3n) is 4.60. The molecule has 7 nitrogen and oxygen atoms in total. The number of ether oxygens (including phenoxy) is 1. The van der Waals surface area contributed by atoms with Gasteiger partial charge >= 0.3 is 0 Å². The van der Waals surface area contributed by atoms with E-state index in [0.717, 1.165) is 5.56 Å². The highest BCUT2D eigenvalue weighted by atomic mass is 16.5. The Balaban J connectivity index is 1.41. The molecule has 134 valence electrons. The van der Waals surface area contributed by atoms with E-state index in [2.05, 4.69) is 21.5 Å². The summed E-state index contributed by atoms with van der Waals surface area (Å²) in [5.74, 6) is 0.264. The first-order chi connectivity index (χ1) is 12.6. The van der Waals surface area contributed by atoms with Crippen LogP contribution in [0.5, 0.6) is 5.75 Å². The second-order valence-electron chi connectivity index (χ2n) is 6.49. The molecule has 2 amide bonds. The van der Waals surface area contributed by atoms with E-state index >= 15 is 0 Å². The third kappa shape index (κ3) is 3.26. The van der Waals surface area contributed by atoms with Gasteiger partial charge in [-0.05, 0) is 37.1 Å². The number of fused-ring (bicyclic) bond motifs is 1. The fraction of sp³-hybridized carbons (Fsp3) is 0.263. The molecule has 2 aliphatic heterocycles. The van der Waals surface area contributed by atoms with Gasteiger partial charge in [-0.1, -0.05) is 30.3 Å².